The number of halogens is 2. The number of hydrogen-bond acceptors (Lipinski definition) is 2. The number of alkyl halides is 2. The quantitative estimate of drug-likeness (QED) is 0.562. The Hall–Kier alpha value is -1.22. The fourth-order valence-corrected chi connectivity index (χ4v) is 5.14. The molecule has 21 heavy (non-hydrogen) atoms. The normalized spacial score (nSPS) is 53.3. The number of ether oxygens (including phenoxy) is 1. The van der Waals surface area contributed by atoms with Crippen molar-refractivity contribution in [3.8, 4) is 0 Å². The van der Waals surface area contributed by atoms with E-state index in [1.165, 1.54) is 6.42 Å². The van der Waals surface area contributed by atoms with E-state index in [2.05, 4.69) is 0 Å². The molecule has 1 N–H and O–H groups in total. The summed E-state index contributed by atoms with van der Waals surface area (Å²) in [4.78, 5) is 0. The summed E-state index contributed by atoms with van der Waals surface area (Å²) in [7, 11) is 0. The van der Waals surface area contributed by atoms with E-state index in [1.807, 2.05) is 0 Å². The van der Waals surface area contributed by atoms with Crippen LogP contribution in [0.25, 0.3) is 0 Å². The summed E-state index contributed by atoms with van der Waals surface area (Å²) >= 11 is 0. The van der Waals surface area contributed by atoms with E-state index >= 15 is 0 Å². The molecule has 3 aliphatic carbocycles. The average Bonchev–Trinajstić information content (AvgIpc) is 2.75. The maximum absolute atomic E-state index is 14.8. The molecule has 0 radical (unpaired) electrons. The maximum Gasteiger partial charge on any atom is 0.152 e. The minimum absolute atomic E-state index is 0. The SMILES string of the molecule is OC1CCC2C3CCC(C4CCC4)C(F)C3OC2C1F.[Cm]. The topological polar surface area (TPSA) is 29.5 Å². The van der Waals surface area contributed by atoms with Gasteiger partial charge in [-0.3, -0.25) is 0 Å². The monoisotopic (exact) mass is 529 g/mol. The number of aliphatic hydroxyl groups is 1. The van der Waals surface area contributed by atoms with Crippen molar-refractivity contribution in [3.05, 3.63) is 0 Å². The molecule has 1 aliphatic heterocycles. The molecule has 0 aromatic carbocycles. The van der Waals surface area contributed by atoms with Crippen LogP contribution in [0.3, 0.4) is 0 Å². The Morgan fingerprint density at radius 3 is 1.95 bits per heavy atom. The second-order valence-electron chi connectivity index (χ2n) is 7.36. The van der Waals surface area contributed by atoms with Crippen LogP contribution in [0.5, 0.6) is 0 Å². The first-order valence-corrected chi connectivity index (χ1v) is 8.28. The van der Waals surface area contributed by atoms with Crippen molar-refractivity contribution in [1.29, 1.82) is 0 Å². The predicted octanol–water partition coefficient (Wildman–Crippen LogP) is 3.03. The van der Waals surface area contributed by atoms with Gasteiger partial charge in [0.1, 0.15) is 6.17 Å². The standard InChI is InChI=1S/C16H24F2O2.Cm/c17-13-9(8-2-1-3-8)4-5-10-11-6-7-12(19)14(18)16(11)20-15(10)13;/h8-16,19H,1-7H2;. The smallest absolute Gasteiger partial charge is 0.152 e. The fraction of sp³-hybridized carbons (Fsp3) is 1.00. The molecule has 4 fully saturated rings. The Morgan fingerprint density at radius 1 is 0.762 bits per heavy atom. The van der Waals surface area contributed by atoms with Gasteiger partial charge in [0.05, 0.1) is 18.3 Å². The first kappa shape index (κ1) is 14.7. The number of rotatable bonds is 1. The number of hydrogen-bond donors (Lipinski definition) is 1. The van der Waals surface area contributed by atoms with E-state index in [0.717, 1.165) is 32.1 Å². The van der Waals surface area contributed by atoms with Crippen molar-refractivity contribution in [3.63, 3.8) is 0 Å². The van der Waals surface area contributed by atoms with Gasteiger partial charge < -0.3 is 9.84 Å². The third-order valence-electron chi connectivity index (χ3n) is 6.50. The van der Waals surface area contributed by atoms with Crippen molar-refractivity contribution in [2.24, 2.45) is 23.7 Å². The van der Waals surface area contributed by atoms with Gasteiger partial charge in [0, 0.05) is 0 Å². The molecule has 0 amide bonds. The van der Waals surface area contributed by atoms with Crippen molar-refractivity contribution < 1.29 is 18.6 Å². The van der Waals surface area contributed by atoms with Crippen LogP contribution in [0.15, 0.2) is 0 Å². The molecule has 4 aliphatic rings. The summed E-state index contributed by atoms with van der Waals surface area (Å²) < 4.78 is 34.8. The van der Waals surface area contributed by atoms with Crippen LogP contribution >= 0.6 is 0 Å². The minimum Gasteiger partial charge on any atom is -0.390 e. The molecule has 0 spiro atoms. The molecule has 4 rings (SSSR count). The molecule has 8 unspecified atom stereocenters. The second-order valence-corrected chi connectivity index (χ2v) is 7.36. The van der Waals surface area contributed by atoms with Gasteiger partial charge in [-0.05, 0) is 49.4 Å². The van der Waals surface area contributed by atoms with Gasteiger partial charge in [0.2, 0.25) is 0 Å². The summed E-state index contributed by atoms with van der Waals surface area (Å²) in [6.45, 7) is 0. The third kappa shape index (κ3) is 2.05. The van der Waals surface area contributed by atoms with Crippen LogP contribution in [-0.4, -0.2) is 35.8 Å². The summed E-state index contributed by atoms with van der Waals surface area (Å²) in [5.41, 5.74) is 0. The largest absolute Gasteiger partial charge is 0.390 e. The average molecular weight is 533 g/mol. The number of fused-ring (bicyclic) bond motifs is 3. The van der Waals surface area contributed by atoms with Gasteiger partial charge in [0.25, 0.3) is 0 Å². The first-order chi connectivity index (χ1) is 9.66. The summed E-state index contributed by atoms with van der Waals surface area (Å²) in [6.07, 6.45) is 2.60. The molecule has 2 nitrogen and oxygen atoms in total. The van der Waals surface area contributed by atoms with E-state index in [0.29, 0.717) is 12.3 Å². The Labute approximate surface area is 118 Å². The van der Waals surface area contributed by atoms with Crippen LogP contribution in [0.4, 0.5) is 8.78 Å². The molecule has 0 aromatic heterocycles. The van der Waals surface area contributed by atoms with Crippen LogP contribution in [0.2, 0.25) is 0 Å². The fourth-order valence-electron chi connectivity index (χ4n) is 5.14. The third-order valence-corrected chi connectivity index (χ3v) is 6.50. The molecule has 1 heterocycles. The van der Waals surface area contributed by atoms with Crippen molar-refractivity contribution in [2.75, 3.05) is 0 Å². The van der Waals surface area contributed by atoms with Gasteiger partial charge in [-0.2, -0.15) is 0 Å². The summed E-state index contributed by atoms with van der Waals surface area (Å²) in [5.74, 6) is 0.966. The molecule has 1 saturated heterocycles. The van der Waals surface area contributed by atoms with Gasteiger partial charge in [-0.25, -0.2) is 8.78 Å². The van der Waals surface area contributed by atoms with Crippen LogP contribution < -0.4 is 0 Å². The molecular weight excluding hydrogens is 509 g/mol. The molecule has 122 valence electrons. The van der Waals surface area contributed by atoms with Crippen molar-refractivity contribution >= 4 is 0 Å². The zero-order chi connectivity index (χ0) is 13.9. The Balaban J connectivity index is 0.00000132. The zero-order valence-electron chi connectivity index (χ0n) is 12.1. The van der Waals surface area contributed by atoms with Crippen molar-refractivity contribution in [1.82, 2.24) is 0 Å². The summed E-state index contributed by atoms with van der Waals surface area (Å²) in [5, 5.41) is 9.66. The Morgan fingerprint density at radius 2 is 1.33 bits per heavy atom. The number of aliphatic hydroxyl groups excluding tert-OH is 1. The van der Waals surface area contributed by atoms with Crippen LogP contribution in [-0.2, 0) is 4.74 Å². The predicted molar refractivity (Wildman–Crippen MR) is 70.7 cm³/mol. The molecule has 3 saturated carbocycles. The van der Waals surface area contributed by atoms with Crippen LogP contribution in [0.1, 0.15) is 44.9 Å². The molecule has 5 heteroatoms. The maximum atomic E-state index is 14.8. The molecule has 0 bridgehead atoms. The van der Waals surface area contributed by atoms with Gasteiger partial charge in [-0.15, -0.1) is 0 Å². The molecule has 8 atom stereocenters. The zero-order valence-corrected chi connectivity index (χ0v) is 15.1. The van der Waals surface area contributed by atoms with Gasteiger partial charge >= 0.3 is 0 Å². The van der Waals surface area contributed by atoms with Gasteiger partial charge in [-0.1, -0.05) is 19.3 Å². The van der Waals surface area contributed by atoms with E-state index < -0.39 is 30.7 Å². The Kier molecular flexibility index (Phi) is 3.64. The van der Waals surface area contributed by atoms with E-state index in [4.69, 9.17) is 4.74 Å². The first-order valence-electron chi connectivity index (χ1n) is 8.28. The molecular formula is C16H24CmF2O2. The van der Waals surface area contributed by atoms with E-state index in [9.17, 15) is 13.9 Å². The minimum atomic E-state index is -1.33. The van der Waals surface area contributed by atoms with Crippen molar-refractivity contribution in [2.45, 2.75) is 75.6 Å². The van der Waals surface area contributed by atoms with E-state index in [1.54, 1.807) is 0 Å². The van der Waals surface area contributed by atoms with Gasteiger partial charge in [0.15, 0.2) is 6.17 Å². The second kappa shape index (κ2) is 5.20. The summed E-state index contributed by atoms with van der Waals surface area (Å²) in [6, 6.07) is 0. The van der Waals surface area contributed by atoms with Crippen LogP contribution in [0, 0.1) is 23.7 Å². The Bertz CT molecular complexity index is 379. The van der Waals surface area contributed by atoms with E-state index in [-0.39, 0.29) is 17.8 Å². The molecule has 0 aromatic rings.